The molecule has 8 nitrogen and oxygen atoms in total. The molecule has 2 heterocycles. The van der Waals surface area contributed by atoms with Crippen LogP contribution in [0, 0.1) is 12.3 Å². The number of rotatable bonds is 6. The van der Waals surface area contributed by atoms with Gasteiger partial charge in [-0.3, -0.25) is 0 Å². The Morgan fingerprint density at radius 2 is 1.79 bits per heavy atom. The highest BCUT2D eigenvalue weighted by atomic mass is 16.5. The summed E-state index contributed by atoms with van der Waals surface area (Å²) in [6, 6.07) is 12.8. The molecule has 2 saturated heterocycles. The number of carbonyl (C=O) groups excluding carboxylic acids is 2. The zero-order valence-corrected chi connectivity index (χ0v) is 19.6. The molecule has 0 bridgehead atoms. The predicted molar refractivity (Wildman–Crippen MR) is 130 cm³/mol. The molecule has 2 aliphatic rings. The van der Waals surface area contributed by atoms with Gasteiger partial charge in [-0.25, -0.2) is 9.59 Å². The average Bonchev–Trinajstić information content (AvgIpc) is 3.24. The number of likely N-dealkylation sites (tertiary alicyclic amines) is 1. The minimum Gasteiger partial charge on any atom is -0.497 e. The molecule has 2 aromatic rings. The van der Waals surface area contributed by atoms with E-state index in [1.165, 1.54) is 0 Å². The summed E-state index contributed by atoms with van der Waals surface area (Å²) in [6.45, 7) is 3.02. The van der Waals surface area contributed by atoms with E-state index in [4.69, 9.17) is 15.9 Å². The van der Waals surface area contributed by atoms with Crippen LogP contribution in [0.15, 0.2) is 42.5 Å². The highest BCUT2D eigenvalue weighted by molar-refractivity contribution is 5.89. The van der Waals surface area contributed by atoms with Gasteiger partial charge in [0.05, 0.1) is 20.8 Å². The quantitative estimate of drug-likeness (QED) is 0.666. The zero-order valence-electron chi connectivity index (χ0n) is 19.6. The molecule has 0 unspecified atom stereocenters. The molecule has 0 saturated carbocycles. The van der Waals surface area contributed by atoms with Crippen molar-refractivity contribution in [2.24, 2.45) is 0 Å². The number of benzene rings is 2. The molecule has 0 atom stereocenters. The third-order valence-electron chi connectivity index (χ3n) is 6.47. The van der Waals surface area contributed by atoms with Crippen molar-refractivity contribution in [3.05, 3.63) is 53.6 Å². The van der Waals surface area contributed by atoms with Gasteiger partial charge in [0.15, 0.2) is 0 Å². The van der Waals surface area contributed by atoms with Gasteiger partial charge in [-0.2, -0.15) is 0 Å². The second kappa shape index (κ2) is 10.4. The molecule has 8 heteroatoms. The van der Waals surface area contributed by atoms with Crippen molar-refractivity contribution in [1.29, 1.82) is 0 Å². The summed E-state index contributed by atoms with van der Waals surface area (Å²) in [6.07, 6.45) is 6.89. The van der Waals surface area contributed by atoms with Crippen LogP contribution in [-0.2, 0) is 6.54 Å². The molecule has 178 valence electrons. The molecule has 2 aromatic carbocycles. The Bertz CT molecular complexity index is 1070. The molecule has 0 spiro atoms. The Labute approximate surface area is 200 Å². The van der Waals surface area contributed by atoms with Gasteiger partial charge in [-0.1, -0.05) is 5.92 Å². The van der Waals surface area contributed by atoms with Crippen LogP contribution >= 0.6 is 0 Å². The van der Waals surface area contributed by atoms with E-state index in [2.05, 4.69) is 11.2 Å². The first-order valence-corrected chi connectivity index (χ1v) is 11.4. The lowest BCUT2D eigenvalue weighted by atomic mass is 10.0. The van der Waals surface area contributed by atoms with E-state index in [-0.39, 0.29) is 18.1 Å². The normalized spacial score (nSPS) is 16.4. The van der Waals surface area contributed by atoms with Crippen LogP contribution in [0.5, 0.6) is 11.5 Å². The summed E-state index contributed by atoms with van der Waals surface area (Å²) in [5.74, 6) is 4.03. The van der Waals surface area contributed by atoms with Gasteiger partial charge in [0.1, 0.15) is 11.5 Å². The Hall–Kier alpha value is -3.86. The summed E-state index contributed by atoms with van der Waals surface area (Å²) in [7, 11) is 3.25. The Morgan fingerprint density at radius 3 is 2.44 bits per heavy atom. The summed E-state index contributed by atoms with van der Waals surface area (Å²) in [5.41, 5.74) is 2.40. The van der Waals surface area contributed by atoms with Crippen LogP contribution in [0.25, 0.3) is 0 Å². The van der Waals surface area contributed by atoms with Crippen molar-refractivity contribution in [3.8, 4) is 23.8 Å². The highest BCUT2D eigenvalue weighted by Crippen LogP contribution is 2.28. The summed E-state index contributed by atoms with van der Waals surface area (Å²) in [4.78, 5) is 31.4. The molecular weight excluding hydrogens is 432 g/mol. The lowest BCUT2D eigenvalue weighted by molar-refractivity contribution is 0.139. The van der Waals surface area contributed by atoms with E-state index in [0.29, 0.717) is 38.4 Å². The van der Waals surface area contributed by atoms with Crippen LogP contribution in [0.2, 0.25) is 0 Å². The fourth-order valence-electron chi connectivity index (χ4n) is 4.53. The van der Waals surface area contributed by atoms with Crippen molar-refractivity contribution in [2.75, 3.05) is 45.7 Å². The average molecular weight is 463 g/mol. The SMILES string of the molecule is C#Cc1ccc(NC(=O)N2CCC(N3CCN(Cc4cc(OC)ccc4OC)C3=O)CC2)cc1. The number of methoxy groups -OCH3 is 2. The van der Waals surface area contributed by atoms with E-state index in [1.54, 1.807) is 43.4 Å². The molecule has 0 aromatic heterocycles. The predicted octanol–water partition coefficient (Wildman–Crippen LogP) is 3.62. The number of piperidine rings is 1. The number of anilines is 1. The monoisotopic (exact) mass is 462 g/mol. The second-order valence-electron chi connectivity index (χ2n) is 8.45. The largest absolute Gasteiger partial charge is 0.497 e. The van der Waals surface area contributed by atoms with E-state index >= 15 is 0 Å². The fraction of sp³-hybridized carbons (Fsp3) is 0.385. The molecule has 0 aliphatic carbocycles. The number of ether oxygens (including phenoxy) is 2. The van der Waals surface area contributed by atoms with Gasteiger partial charge in [0.25, 0.3) is 0 Å². The lowest BCUT2D eigenvalue weighted by Crippen LogP contribution is -2.49. The number of nitrogens with one attached hydrogen (secondary N) is 1. The van der Waals surface area contributed by atoms with Crippen molar-refractivity contribution < 1.29 is 19.1 Å². The maximum absolute atomic E-state index is 13.1. The van der Waals surface area contributed by atoms with Crippen molar-refractivity contribution in [3.63, 3.8) is 0 Å². The standard InChI is InChI=1S/C26H30N4O4/c1-4-19-5-7-21(8-6-19)27-25(31)28-13-11-22(12-14-28)30-16-15-29(26(30)32)18-20-17-23(33-2)9-10-24(20)34-3/h1,5-10,17,22H,11-16,18H2,2-3H3,(H,27,31). The van der Waals surface area contributed by atoms with Gasteiger partial charge < -0.3 is 29.5 Å². The van der Waals surface area contributed by atoms with Gasteiger partial charge in [-0.15, -0.1) is 6.42 Å². The summed E-state index contributed by atoms with van der Waals surface area (Å²) < 4.78 is 10.8. The third kappa shape index (κ3) is 5.04. The van der Waals surface area contributed by atoms with E-state index in [1.807, 2.05) is 28.0 Å². The first kappa shape index (κ1) is 23.3. The van der Waals surface area contributed by atoms with Crippen LogP contribution in [0.4, 0.5) is 15.3 Å². The van der Waals surface area contributed by atoms with Gasteiger partial charge in [-0.05, 0) is 55.3 Å². The number of hydrogen-bond acceptors (Lipinski definition) is 4. The second-order valence-corrected chi connectivity index (χ2v) is 8.45. The van der Waals surface area contributed by atoms with Crippen LogP contribution in [0.3, 0.4) is 0 Å². The molecule has 4 amide bonds. The van der Waals surface area contributed by atoms with Gasteiger partial charge >= 0.3 is 12.1 Å². The number of nitrogens with zero attached hydrogens (tertiary/aromatic N) is 3. The minimum atomic E-state index is -0.133. The Morgan fingerprint density at radius 1 is 1.06 bits per heavy atom. The summed E-state index contributed by atoms with van der Waals surface area (Å²) in [5, 5.41) is 2.92. The Balaban J connectivity index is 1.30. The number of urea groups is 2. The van der Waals surface area contributed by atoms with E-state index < -0.39 is 0 Å². The van der Waals surface area contributed by atoms with Crippen LogP contribution < -0.4 is 14.8 Å². The van der Waals surface area contributed by atoms with Crippen LogP contribution in [-0.4, -0.2) is 73.2 Å². The van der Waals surface area contributed by atoms with Crippen molar-refractivity contribution in [2.45, 2.75) is 25.4 Å². The Kier molecular flexibility index (Phi) is 7.12. The molecular formula is C26H30N4O4. The van der Waals surface area contributed by atoms with E-state index in [9.17, 15) is 9.59 Å². The number of amides is 4. The summed E-state index contributed by atoms with van der Waals surface area (Å²) >= 11 is 0. The van der Waals surface area contributed by atoms with Gasteiger partial charge in [0, 0.05) is 49.0 Å². The molecule has 1 N–H and O–H groups in total. The molecule has 0 radical (unpaired) electrons. The maximum atomic E-state index is 13.1. The number of hydrogen-bond donors (Lipinski definition) is 1. The van der Waals surface area contributed by atoms with Crippen LogP contribution in [0.1, 0.15) is 24.0 Å². The maximum Gasteiger partial charge on any atom is 0.321 e. The first-order chi connectivity index (χ1) is 16.5. The van der Waals surface area contributed by atoms with Gasteiger partial charge in [0.2, 0.25) is 0 Å². The molecule has 2 fully saturated rings. The fourth-order valence-corrected chi connectivity index (χ4v) is 4.53. The zero-order chi connectivity index (χ0) is 24.1. The molecule has 4 rings (SSSR count). The number of terminal acetylenes is 1. The molecule has 34 heavy (non-hydrogen) atoms. The highest BCUT2D eigenvalue weighted by Gasteiger charge is 2.36. The van der Waals surface area contributed by atoms with Crippen molar-refractivity contribution in [1.82, 2.24) is 14.7 Å². The van der Waals surface area contributed by atoms with Crippen molar-refractivity contribution >= 4 is 17.7 Å². The van der Waals surface area contributed by atoms with E-state index in [0.717, 1.165) is 35.5 Å². The third-order valence-corrected chi connectivity index (χ3v) is 6.47. The minimum absolute atomic E-state index is 0.0291. The molecule has 2 aliphatic heterocycles. The first-order valence-electron chi connectivity index (χ1n) is 11.4. The topological polar surface area (TPSA) is 74.4 Å². The smallest absolute Gasteiger partial charge is 0.321 e. The number of carbonyl (C=O) groups is 2. The lowest BCUT2D eigenvalue weighted by Gasteiger charge is -2.36.